The van der Waals surface area contributed by atoms with Gasteiger partial charge in [-0.25, -0.2) is 0 Å². The highest BCUT2D eigenvalue weighted by atomic mass is 16.5. The number of ether oxygens (including phenoxy) is 1. The van der Waals surface area contributed by atoms with Gasteiger partial charge in [-0.15, -0.1) is 0 Å². The molecule has 0 aliphatic rings. The Bertz CT molecular complexity index is 591. The third-order valence-electron chi connectivity index (χ3n) is 3.17. The number of rotatable bonds is 7. The van der Waals surface area contributed by atoms with Gasteiger partial charge in [-0.05, 0) is 30.7 Å². The highest BCUT2D eigenvalue weighted by molar-refractivity contribution is 5.79. The Morgan fingerprint density at radius 2 is 2.25 bits per heavy atom. The van der Waals surface area contributed by atoms with Gasteiger partial charge in [0.25, 0.3) is 0 Å². The van der Waals surface area contributed by atoms with Gasteiger partial charge in [0.05, 0.1) is 13.7 Å². The number of aliphatic carboxylic acids is 1. The van der Waals surface area contributed by atoms with Crippen molar-refractivity contribution in [3.8, 4) is 5.75 Å². The third-order valence-corrected chi connectivity index (χ3v) is 3.17. The molecule has 1 unspecified atom stereocenters. The summed E-state index contributed by atoms with van der Waals surface area (Å²) < 4.78 is 10.8. The fourth-order valence-corrected chi connectivity index (χ4v) is 2.12. The molecule has 108 valence electrons. The van der Waals surface area contributed by atoms with Gasteiger partial charge in [0, 0.05) is 5.39 Å². The zero-order valence-electron chi connectivity index (χ0n) is 11.7. The van der Waals surface area contributed by atoms with Crippen molar-refractivity contribution in [1.29, 1.82) is 0 Å². The summed E-state index contributed by atoms with van der Waals surface area (Å²) in [5.41, 5.74) is 0.768. The van der Waals surface area contributed by atoms with Gasteiger partial charge in [0.2, 0.25) is 0 Å². The quantitative estimate of drug-likeness (QED) is 0.814. The second-order valence-corrected chi connectivity index (χ2v) is 4.68. The highest BCUT2D eigenvalue weighted by Gasteiger charge is 2.16. The minimum Gasteiger partial charge on any atom is -0.497 e. The lowest BCUT2D eigenvalue weighted by Gasteiger charge is -2.11. The fraction of sp³-hybridized carbons (Fsp3) is 0.400. The second-order valence-electron chi connectivity index (χ2n) is 4.68. The van der Waals surface area contributed by atoms with Gasteiger partial charge < -0.3 is 14.3 Å². The number of carboxylic acid groups (broad SMARTS) is 1. The lowest BCUT2D eigenvalue weighted by molar-refractivity contribution is -0.139. The smallest absolute Gasteiger partial charge is 0.320 e. The molecular formula is C15H19NO4. The van der Waals surface area contributed by atoms with Crippen LogP contribution in [0.3, 0.4) is 0 Å². The maximum Gasteiger partial charge on any atom is 0.320 e. The zero-order valence-corrected chi connectivity index (χ0v) is 11.7. The lowest BCUT2D eigenvalue weighted by atomic mass is 10.1. The first kappa shape index (κ1) is 14.4. The summed E-state index contributed by atoms with van der Waals surface area (Å²) in [5.74, 6) is 0.660. The molecule has 2 rings (SSSR count). The van der Waals surface area contributed by atoms with Crippen LogP contribution in [-0.4, -0.2) is 24.2 Å². The maximum atomic E-state index is 11.1. The van der Waals surface area contributed by atoms with Crippen LogP contribution in [0.15, 0.2) is 28.7 Å². The van der Waals surface area contributed by atoms with Crippen molar-refractivity contribution >= 4 is 16.9 Å². The van der Waals surface area contributed by atoms with E-state index in [1.807, 2.05) is 31.2 Å². The van der Waals surface area contributed by atoms with Gasteiger partial charge in [0.1, 0.15) is 23.1 Å². The molecule has 0 aliphatic carbocycles. The van der Waals surface area contributed by atoms with Crippen LogP contribution in [0.1, 0.15) is 25.5 Å². The van der Waals surface area contributed by atoms with Crippen molar-refractivity contribution in [3.05, 3.63) is 30.0 Å². The van der Waals surface area contributed by atoms with Gasteiger partial charge in [0.15, 0.2) is 0 Å². The summed E-state index contributed by atoms with van der Waals surface area (Å²) >= 11 is 0. The van der Waals surface area contributed by atoms with E-state index in [-0.39, 0.29) is 0 Å². The van der Waals surface area contributed by atoms with Crippen LogP contribution >= 0.6 is 0 Å². The number of fused-ring (bicyclic) bond motifs is 1. The largest absolute Gasteiger partial charge is 0.497 e. The molecule has 0 radical (unpaired) electrons. The Morgan fingerprint density at radius 1 is 1.45 bits per heavy atom. The molecule has 2 aromatic rings. The van der Waals surface area contributed by atoms with Crippen LogP contribution in [0, 0.1) is 0 Å². The minimum atomic E-state index is -0.829. The number of benzene rings is 1. The van der Waals surface area contributed by atoms with Crippen molar-refractivity contribution in [3.63, 3.8) is 0 Å². The van der Waals surface area contributed by atoms with Gasteiger partial charge in [-0.2, -0.15) is 0 Å². The molecular weight excluding hydrogens is 258 g/mol. The van der Waals surface area contributed by atoms with Crippen molar-refractivity contribution in [2.45, 2.75) is 32.4 Å². The molecule has 1 atom stereocenters. The summed E-state index contributed by atoms with van der Waals surface area (Å²) in [6, 6.07) is 6.93. The Hall–Kier alpha value is -2.01. The molecule has 0 bridgehead atoms. The molecule has 0 saturated heterocycles. The second kappa shape index (κ2) is 6.43. The van der Waals surface area contributed by atoms with E-state index in [1.165, 1.54) is 0 Å². The average molecular weight is 277 g/mol. The summed E-state index contributed by atoms with van der Waals surface area (Å²) in [6.45, 7) is 2.36. The molecule has 20 heavy (non-hydrogen) atoms. The van der Waals surface area contributed by atoms with E-state index in [0.29, 0.717) is 13.0 Å². The molecule has 5 heteroatoms. The van der Waals surface area contributed by atoms with Crippen molar-refractivity contribution in [1.82, 2.24) is 5.32 Å². The molecule has 0 fully saturated rings. The van der Waals surface area contributed by atoms with E-state index >= 15 is 0 Å². The van der Waals surface area contributed by atoms with Crippen molar-refractivity contribution in [2.75, 3.05) is 7.11 Å². The predicted octanol–water partition coefficient (Wildman–Crippen LogP) is 2.78. The standard InChI is InChI=1S/C15H19NO4/c1-3-4-13(15(17)18)16-9-12-8-10-7-11(19-2)5-6-14(10)20-12/h5-8,13,16H,3-4,9H2,1-2H3,(H,17,18). The number of hydrogen-bond acceptors (Lipinski definition) is 4. The molecule has 1 aromatic carbocycles. The number of carboxylic acids is 1. The Kier molecular flexibility index (Phi) is 4.63. The molecule has 1 heterocycles. The minimum absolute atomic E-state index is 0.397. The summed E-state index contributed by atoms with van der Waals surface area (Å²) in [6.07, 6.45) is 1.42. The first-order chi connectivity index (χ1) is 9.63. The summed E-state index contributed by atoms with van der Waals surface area (Å²) in [7, 11) is 1.62. The van der Waals surface area contributed by atoms with Crippen LogP contribution in [0.5, 0.6) is 5.75 Å². The van der Waals surface area contributed by atoms with Gasteiger partial charge in [-0.1, -0.05) is 13.3 Å². The topological polar surface area (TPSA) is 71.7 Å². The normalized spacial score (nSPS) is 12.5. The van der Waals surface area contributed by atoms with Crippen molar-refractivity contribution in [2.24, 2.45) is 0 Å². The van der Waals surface area contributed by atoms with Gasteiger partial charge in [-0.3, -0.25) is 10.1 Å². The number of carbonyl (C=O) groups is 1. The zero-order chi connectivity index (χ0) is 14.5. The van der Waals surface area contributed by atoms with Crippen LogP contribution in [0.25, 0.3) is 11.0 Å². The van der Waals surface area contributed by atoms with E-state index in [0.717, 1.165) is 28.9 Å². The molecule has 0 aliphatic heterocycles. The maximum absolute atomic E-state index is 11.1. The molecule has 2 N–H and O–H groups in total. The number of furan rings is 1. The Labute approximate surface area is 117 Å². The molecule has 5 nitrogen and oxygen atoms in total. The van der Waals surface area contributed by atoms with E-state index in [2.05, 4.69) is 5.32 Å². The molecule has 1 aromatic heterocycles. The van der Waals surface area contributed by atoms with Crippen LogP contribution in [-0.2, 0) is 11.3 Å². The monoisotopic (exact) mass is 277 g/mol. The average Bonchev–Trinajstić information content (AvgIpc) is 2.84. The molecule has 0 spiro atoms. The fourth-order valence-electron chi connectivity index (χ4n) is 2.12. The Balaban J connectivity index is 2.07. The lowest BCUT2D eigenvalue weighted by Crippen LogP contribution is -2.35. The van der Waals surface area contributed by atoms with Crippen molar-refractivity contribution < 1.29 is 19.1 Å². The van der Waals surface area contributed by atoms with Crippen LogP contribution in [0.2, 0.25) is 0 Å². The first-order valence-corrected chi connectivity index (χ1v) is 6.66. The van der Waals surface area contributed by atoms with E-state index in [4.69, 9.17) is 14.3 Å². The van der Waals surface area contributed by atoms with Crippen LogP contribution in [0.4, 0.5) is 0 Å². The molecule has 0 amide bonds. The van der Waals surface area contributed by atoms with E-state index in [9.17, 15) is 4.79 Å². The number of hydrogen-bond donors (Lipinski definition) is 2. The Morgan fingerprint density at radius 3 is 2.90 bits per heavy atom. The van der Waals surface area contributed by atoms with E-state index in [1.54, 1.807) is 7.11 Å². The van der Waals surface area contributed by atoms with E-state index < -0.39 is 12.0 Å². The summed E-state index contributed by atoms with van der Waals surface area (Å²) in [4.78, 5) is 11.1. The number of methoxy groups -OCH3 is 1. The number of nitrogens with one attached hydrogen (secondary N) is 1. The van der Waals surface area contributed by atoms with Crippen LogP contribution < -0.4 is 10.1 Å². The highest BCUT2D eigenvalue weighted by Crippen LogP contribution is 2.24. The first-order valence-electron chi connectivity index (χ1n) is 6.66. The predicted molar refractivity (Wildman–Crippen MR) is 75.9 cm³/mol. The third kappa shape index (κ3) is 3.30. The summed E-state index contributed by atoms with van der Waals surface area (Å²) in [5, 5.41) is 13.0. The van der Waals surface area contributed by atoms with Gasteiger partial charge >= 0.3 is 5.97 Å². The molecule has 0 saturated carbocycles. The SMILES string of the molecule is CCCC(NCc1cc2cc(OC)ccc2o1)C(=O)O.